The third-order valence-corrected chi connectivity index (χ3v) is 4.98. The number of benzene rings is 1. The molecule has 0 atom stereocenters. The van der Waals surface area contributed by atoms with Crippen LogP contribution >= 0.6 is 0 Å². The zero-order valence-corrected chi connectivity index (χ0v) is 16.2. The minimum atomic E-state index is 0.684. The van der Waals surface area contributed by atoms with Crippen LogP contribution in [-0.4, -0.2) is 29.6 Å². The molecule has 3 rings (SSSR count). The van der Waals surface area contributed by atoms with Crippen molar-refractivity contribution in [1.82, 2.24) is 9.97 Å². The van der Waals surface area contributed by atoms with Gasteiger partial charge in [-0.1, -0.05) is 20.8 Å². The predicted molar refractivity (Wildman–Crippen MR) is 110 cm³/mol. The van der Waals surface area contributed by atoms with Gasteiger partial charge in [-0.05, 0) is 55.4 Å². The SMILES string of the molecule is CC(C)CCNc1cc(Nc2ccc(N3CCC(C)CC3)cc2)ncn1. The Morgan fingerprint density at radius 1 is 1.08 bits per heavy atom. The molecule has 1 aromatic carbocycles. The molecule has 0 saturated carbocycles. The van der Waals surface area contributed by atoms with Gasteiger partial charge in [-0.25, -0.2) is 9.97 Å². The first-order chi connectivity index (χ1) is 12.6. The van der Waals surface area contributed by atoms with Gasteiger partial charge in [-0.3, -0.25) is 0 Å². The van der Waals surface area contributed by atoms with Gasteiger partial charge in [0.1, 0.15) is 18.0 Å². The highest BCUT2D eigenvalue weighted by atomic mass is 15.1. The minimum Gasteiger partial charge on any atom is -0.372 e. The maximum Gasteiger partial charge on any atom is 0.135 e. The number of nitrogens with zero attached hydrogens (tertiary/aromatic N) is 3. The van der Waals surface area contributed by atoms with Crippen LogP contribution in [0.1, 0.15) is 40.0 Å². The fourth-order valence-corrected chi connectivity index (χ4v) is 3.18. The lowest BCUT2D eigenvalue weighted by atomic mass is 9.99. The highest BCUT2D eigenvalue weighted by Gasteiger charge is 2.15. The molecule has 0 radical (unpaired) electrons. The molecule has 1 aromatic heterocycles. The Kier molecular flexibility index (Phi) is 6.31. The maximum absolute atomic E-state index is 4.33. The van der Waals surface area contributed by atoms with Crippen molar-refractivity contribution in [2.45, 2.75) is 40.0 Å². The van der Waals surface area contributed by atoms with Crippen molar-refractivity contribution < 1.29 is 0 Å². The molecule has 0 unspecified atom stereocenters. The lowest BCUT2D eigenvalue weighted by molar-refractivity contribution is 0.438. The summed E-state index contributed by atoms with van der Waals surface area (Å²) in [5, 5.41) is 6.73. The van der Waals surface area contributed by atoms with Crippen LogP contribution in [0.4, 0.5) is 23.0 Å². The minimum absolute atomic E-state index is 0.684. The smallest absolute Gasteiger partial charge is 0.135 e. The largest absolute Gasteiger partial charge is 0.372 e. The van der Waals surface area contributed by atoms with Crippen molar-refractivity contribution in [3.05, 3.63) is 36.7 Å². The molecule has 5 nitrogen and oxygen atoms in total. The Balaban J connectivity index is 1.57. The van der Waals surface area contributed by atoms with E-state index >= 15 is 0 Å². The van der Waals surface area contributed by atoms with Crippen molar-refractivity contribution in [1.29, 1.82) is 0 Å². The molecule has 26 heavy (non-hydrogen) atoms. The van der Waals surface area contributed by atoms with Gasteiger partial charge in [0.25, 0.3) is 0 Å². The fourth-order valence-electron chi connectivity index (χ4n) is 3.18. The molecule has 0 bridgehead atoms. The Hall–Kier alpha value is -2.30. The van der Waals surface area contributed by atoms with Crippen LogP contribution in [0.15, 0.2) is 36.7 Å². The van der Waals surface area contributed by atoms with Crippen LogP contribution in [-0.2, 0) is 0 Å². The Labute approximate surface area is 157 Å². The zero-order valence-electron chi connectivity index (χ0n) is 16.2. The Bertz CT molecular complexity index is 675. The van der Waals surface area contributed by atoms with E-state index in [0.29, 0.717) is 5.92 Å². The average molecular weight is 354 g/mol. The standard InChI is InChI=1S/C21H31N5/c1-16(2)8-11-22-20-14-21(24-15-23-20)25-18-4-6-19(7-5-18)26-12-9-17(3)10-13-26/h4-7,14-17H,8-13H2,1-3H3,(H2,22,23,24,25). The second kappa shape index (κ2) is 8.88. The van der Waals surface area contributed by atoms with Gasteiger partial charge in [0, 0.05) is 37.1 Å². The van der Waals surface area contributed by atoms with Crippen molar-refractivity contribution in [2.24, 2.45) is 11.8 Å². The van der Waals surface area contributed by atoms with E-state index in [9.17, 15) is 0 Å². The van der Waals surface area contributed by atoms with Gasteiger partial charge < -0.3 is 15.5 Å². The molecule has 2 aromatic rings. The summed E-state index contributed by atoms with van der Waals surface area (Å²) in [6.07, 6.45) is 5.30. The number of hydrogen-bond acceptors (Lipinski definition) is 5. The summed E-state index contributed by atoms with van der Waals surface area (Å²) in [6, 6.07) is 10.6. The summed E-state index contributed by atoms with van der Waals surface area (Å²) in [6.45, 7) is 10.0. The lowest BCUT2D eigenvalue weighted by Crippen LogP contribution is -2.32. The van der Waals surface area contributed by atoms with E-state index in [2.05, 4.69) is 70.5 Å². The molecule has 0 amide bonds. The fraction of sp³-hybridized carbons (Fsp3) is 0.524. The summed E-state index contributed by atoms with van der Waals surface area (Å²) < 4.78 is 0. The van der Waals surface area contributed by atoms with E-state index in [1.54, 1.807) is 6.33 Å². The lowest BCUT2D eigenvalue weighted by Gasteiger charge is -2.32. The van der Waals surface area contributed by atoms with E-state index < -0.39 is 0 Å². The number of hydrogen-bond donors (Lipinski definition) is 2. The third-order valence-electron chi connectivity index (χ3n) is 4.98. The third kappa shape index (κ3) is 5.35. The molecule has 5 heteroatoms. The van der Waals surface area contributed by atoms with Crippen LogP contribution < -0.4 is 15.5 Å². The molecule has 0 spiro atoms. The molecule has 2 heterocycles. The molecule has 140 valence electrons. The van der Waals surface area contributed by atoms with E-state index in [0.717, 1.165) is 49.3 Å². The Morgan fingerprint density at radius 3 is 2.46 bits per heavy atom. The van der Waals surface area contributed by atoms with Gasteiger partial charge in [0.2, 0.25) is 0 Å². The molecular formula is C21H31N5. The number of nitrogens with one attached hydrogen (secondary N) is 2. The topological polar surface area (TPSA) is 53.1 Å². The maximum atomic E-state index is 4.33. The van der Waals surface area contributed by atoms with Crippen molar-refractivity contribution in [3.8, 4) is 0 Å². The van der Waals surface area contributed by atoms with Crippen molar-refractivity contribution in [3.63, 3.8) is 0 Å². The van der Waals surface area contributed by atoms with Gasteiger partial charge in [-0.2, -0.15) is 0 Å². The molecule has 0 aliphatic carbocycles. The number of rotatable bonds is 7. The highest BCUT2D eigenvalue weighted by Crippen LogP contribution is 2.25. The van der Waals surface area contributed by atoms with Crippen LogP contribution in [0.3, 0.4) is 0 Å². The summed E-state index contributed by atoms with van der Waals surface area (Å²) in [4.78, 5) is 11.1. The second-order valence-electron chi connectivity index (χ2n) is 7.74. The molecule has 2 N–H and O–H groups in total. The van der Waals surface area contributed by atoms with E-state index in [4.69, 9.17) is 0 Å². The second-order valence-corrected chi connectivity index (χ2v) is 7.74. The molecule has 1 saturated heterocycles. The van der Waals surface area contributed by atoms with Gasteiger partial charge in [0.15, 0.2) is 0 Å². The number of piperidine rings is 1. The first-order valence-electron chi connectivity index (χ1n) is 9.78. The normalized spacial score (nSPS) is 15.3. The quantitative estimate of drug-likeness (QED) is 0.740. The molecule has 1 aliphatic rings. The van der Waals surface area contributed by atoms with Crippen LogP contribution in [0.2, 0.25) is 0 Å². The predicted octanol–water partition coefficient (Wildman–Crippen LogP) is 4.91. The number of anilines is 4. The first kappa shape index (κ1) is 18.5. The van der Waals surface area contributed by atoms with E-state index in [-0.39, 0.29) is 0 Å². The highest BCUT2D eigenvalue weighted by molar-refractivity contribution is 5.62. The van der Waals surface area contributed by atoms with Crippen LogP contribution in [0.5, 0.6) is 0 Å². The first-order valence-corrected chi connectivity index (χ1v) is 9.78. The number of aromatic nitrogens is 2. The van der Waals surface area contributed by atoms with Crippen molar-refractivity contribution in [2.75, 3.05) is 35.2 Å². The van der Waals surface area contributed by atoms with Crippen LogP contribution in [0.25, 0.3) is 0 Å². The molecule has 1 aliphatic heterocycles. The summed E-state index contributed by atoms with van der Waals surface area (Å²) >= 11 is 0. The monoisotopic (exact) mass is 353 g/mol. The van der Waals surface area contributed by atoms with E-state index in [1.165, 1.54) is 18.5 Å². The van der Waals surface area contributed by atoms with Crippen molar-refractivity contribution >= 4 is 23.0 Å². The van der Waals surface area contributed by atoms with Crippen LogP contribution in [0, 0.1) is 11.8 Å². The average Bonchev–Trinajstić information content (AvgIpc) is 2.63. The summed E-state index contributed by atoms with van der Waals surface area (Å²) in [7, 11) is 0. The van der Waals surface area contributed by atoms with Gasteiger partial charge in [0.05, 0.1) is 0 Å². The zero-order chi connectivity index (χ0) is 18.4. The summed E-state index contributed by atoms with van der Waals surface area (Å²) in [5.41, 5.74) is 2.35. The molecular weight excluding hydrogens is 322 g/mol. The van der Waals surface area contributed by atoms with Gasteiger partial charge >= 0.3 is 0 Å². The Morgan fingerprint density at radius 2 is 1.77 bits per heavy atom. The van der Waals surface area contributed by atoms with Gasteiger partial charge in [-0.15, -0.1) is 0 Å². The molecule has 1 fully saturated rings. The summed E-state index contributed by atoms with van der Waals surface area (Å²) in [5.74, 6) is 3.21. The van der Waals surface area contributed by atoms with E-state index in [1.807, 2.05) is 6.07 Å².